The SMILES string of the molecule is Nc1ccc(-c2nc(-c3ccncc3)no2)cc1[N+](=O)[O-]. The van der Waals surface area contributed by atoms with Crippen LogP contribution in [-0.2, 0) is 0 Å². The highest BCUT2D eigenvalue weighted by Crippen LogP contribution is 2.28. The molecule has 0 saturated carbocycles. The van der Waals surface area contributed by atoms with Gasteiger partial charge in [-0.1, -0.05) is 5.16 Å². The van der Waals surface area contributed by atoms with E-state index >= 15 is 0 Å². The number of rotatable bonds is 3. The van der Waals surface area contributed by atoms with Crippen molar-refractivity contribution in [3.8, 4) is 22.8 Å². The lowest BCUT2D eigenvalue weighted by molar-refractivity contribution is -0.383. The Balaban J connectivity index is 2.01. The van der Waals surface area contributed by atoms with E-state index in [1.807, 2.05) is 0 Å². The summed E-state index contributed by atoms with van der Waals surface area (Å²) in [4.78, 5) is 18.4. The minimum absolute atomic E-state index is 0.0811. The average Bonchev–Trinajstić information content (AvgIpc) is 2.98. The number of anilines is 1. The highest BCUT2D eigenvalue weighted by atomic mass is 16.6. The maximum Gasteiger partial charge on any atom is 0.292 e. The second-order valence-corrected chi connectivity index (χ2v) is 4.19. The second-order valence-electron chi connectivity index (χ2n) is 4.19. The molecule has 8 nitrogen and oxygen atoms in total. The second kappa shape index (κ2) is 5.00. The monoisotopic (exact) mass is 283 g/mol. The Morgan fingerprint density at radius 3 is 2.62 bits per heavy atom. The fourth-order valence-electron chi connectivity index (χ4n) is 1.79. The Hall–Kier alpha value is -3.29. The van der Waals surface area contributed by atoms with Crippen molar-refractivity contribution in [3.63, 3.8) is 0 Å². The summed E-state index contributed by atoms with van der Waals surface area (Å²) in [5.74, 6) is 0.566. The molecule has 8 heteroatoms. The molecule has 3 rings (SSSR count). The Bertz CT molecular complexity index is 801. The number of nitro groups is 1. The van der Waals surface area contributed by atoms with Gasteiger partial charge in [-0.05, 0) is 24.3 Å². The zero-order valence-corrected chi connectivity index (χ0v) is 10.6. The van der Waals surface area contributed by atoms with Gasteiger partial charge in [-0.15, -0.1) is 0 Å². The summed E-state index contributed by atoms with van der Waals surface area (Å²) in [6.45, 7) is 0. The quantitative estimate of drug-likeness (QED) is 0.444. The summed E-state index contributed by atoms with van der Waals surface area (Å²) in [6.07, 6.45) is 3.22. The smallest absolute Gasteiger partial charge is 0.292 e. The van der Waals surface area contributed by atoms with Crippen molar-refractivity contribution in [1.29, 1.82) is 0 Å². The van der Waals surface area contributed by atoms with Crippen molar-refractivity contribution in [3.05, 3.63) is 52.8 Å². The summed E-state index contributed by atoms with van der Waals surface area (Å²) in [6, 6.07) is 7.80. The number of pyridine rings is 1. The van der Waals surface area contributed by atoms with E-state index in [9.17, 15) is 10.1 Å². The van der Waals surface area contributed by atoms with Gasteiger partial charge < -0.3 is 10.3 Å². The number of hydrogen-bond acceptors (Lipinski definition) is 7. The van der Waals surface area contributed by atoms with Crippen LogP contribution in [0, 0.1) is 10.1 Å². The van der Waals surface area contributed by atoms with Crippen LogP contribution >= 0.6 is 0 Å². The normalized spacial score (nSPS) is 10.5. The van der Waals surface area contributed by atoms with Gasteiger partial charge in [0.1, 0.15) is 5.69 Å². The molecular weight excluding hydrogens is 274 g/mol. The molecule has 0 aliphatic rings. The lowest BCUT2D eigenvalue weighted by Crippen LogP contribution is -1.95. The molecular formula is C13H9N5O3. The van der Waals surface area contributed by atoms with Crippen LogP contribution in [-0.4, -0.2) is 20.0 Å². The van der Waals surface area contributed by atoms with E-state index in [0.717, 1.165) is 5.56 Å². The molecule has 2 N–H and O–H groups in total. The van der Waals surface area contributed by atoms with Crippen LogP contribution in [0.1, 0.15) is 0 Å². The third-order valence-corrected chi connectivity index (χ3v) is 2.84. The van der Waals surface area contributed by atoms with Gasteiger partial charge in [-0.3, -0.25) is 15.1 Å². The third kappa shape index (κ3) is 2.41. The van der Waals surface area contributed by atoms with Gasteiger partial charge in [0.25, 0.3) is 11.6 Å². The number of nitrogens with zero attached hydrogens (tertiary/aromatic N) is 4. The predicted octanol–water partition coefficient (Wildman–Crippen LogP) is 2.29. The first-order valence-corrected chi connectivity index (χ1v) is 5.93. The van der Waals surface area contributed by atoms with Gasteiger partial charge in [0.05, 0.1) is 4.92 Å². The van der Waals surface area contributed by atoms with Crippen LogP contribution in [0.15, 0.2) is 47.2 Å². The van der Waals surface area contributed by atoms with Crippen LogP contribution in [0.5, 0.6) is 0 Å². The first-order chi connectivity index (χ1) is 10.1. The molecule has 0 fully saturated rings. The van der Waals surface area contributed by atoms with Crippen LogP contribution in [0.3, 0.4) is 0 Å². The highest BCUT2D eigenvalue weighted by Gasteiger charge is 2.16. The van der Waals surface area contributed by atoms with Crippen molar-refractivity contribution in [2.45, 2.75) is 0 Å². The Labute approximate surface area is 118 Å². The van der Waals surface area contributed by atoms with Gasteiger partial charge in [0.15, 0.2) is 0 Å². The maximum atomic E-state index is 10.9. The molecule has 0 saturated heterocycles. The number of aromatic nitrogens is 3. The fraction of sp³-hybridized carbons (Fsp3) is 0. The zero-order chi connectivity index (χ0) is 14.8. The van der Waals surface area contributed by atoms with Crippen molar-refractivity contribution in [2.75, 3.05) is 5.73 Å². The molecule has 3 aromatic rings. The molecule has 0 amide bonds. The minimum Gasteiger partial charge on any atom is -0.393 e. The minimum atomic E-state index is -0.557. The van der Waals surface area contributed by atoms with Crippen LogP contribution in [0.4, 0.5) is 11.4 Å². The lowest BCUT2D eigenvalue weighted by atomic mass is 10.1. The standard InChI is InChI=1S/C13H9N5O3/c14-10-2-1-9(7-11(10)18(19)20)13-16-12(17-21-13)8-3-5-15-6-4-8/h1-7H,14H2. The first-order valence-electron chi connectivity index (χ1n) is 5.93. The summed E-state index contributed by atoms with van der Waals surface area (Å²) < 4.78 is 5.13. The zero-order valence-electron chi connectivity index (χ0n) is 10.6. The number of nitrogens with two attached hydrogens (primary N) is 1. The van der Waals surface area contributed by atoms with E-state index in [0.29, 0.717) is 11.4 Å². The summed E-state index contributed by atoms with van der Waals surface area (Å²) >= 11 is 0. The summed E-state index contributed by atoms with van der Waals surface area (Å²) in [5.41, 5.74) is 6.61. The molecule has 0 aliphatic carbocycles. The van der Waals surface area contributed by atoms with Gasteiger partial charge in [0.2, 0.25) is 5.82 Å². The van der Waals surface area contributed by atoms with E-state index in [4.69, 9.17) is 10.3 Å². The highest BCUT2D eigenvalue weighted by molar-refractivity contribution is 5.68. The Morgan fingerprint density at radius 1 is 1.14 bits per heavy atom. The van der Waals surface area contributed by atoms with Crippen molar-refractivity contribution >= 4 is 11.4 Å². The predicted molar refractivity (Wildman–Crippen MR) is 74.0 cm³/mol. The van der Waals surface area contributed by atoms with Gasteiger partial charge >= 0.3 is 0 Å². The van der Waals surface area contributed by atoms with Crippen molar-refractivity contribution in [2.24, 2.45) is 0 Å². The molecule has 0 atom stereocenters. The van der Waals surface area contributed by atoms with Crippen molar-refractivity contribution in [1.82, 2.24) is 15.1 Å². The molecule has 104 valence electrons. The largest absolute Gasteiger partial charge is 0.393 e. The van der Waals surface area contributed by atoms with Gasteiger partial charge in [-0.2, -0.15) is 4.98 Å². The summed E-state index contributed by atoms with van der Waals surface area (Å²) in [5, 5.41) is 14.7. The van der Waals surface area contributed by atoms with Crippen LogP contribution in [0.25, 0.3) is 22.8 Å². The number of nitro benzene ring substituents is 1. The number of nitrogen functional groups attached to an aromatic ring is 1. The maximum absolute atomic E-state index is 10.9. The van der Waals surface area contributed by atoms with E-state index in [2.05, 4.69) is 15.1 Å². The first kappa shape index (κ1) is 12.7. The molecule has 1 aromatic carbocycles. The van der Waals surface area contributed by atoms with E-state index in [1.165, 1.54) is 12.1 Å². The molecule has 0 radical (unpaired) electrons. The van der Waals surface area contributed by atoms with E-state index in [1.54, 1.807) is 30.6 Å². The topological polar surface area (TPSA) is 121 Å². The van der Waals surface area contributed by atoms with E-state index in [-0.39, 0.29) is 17.3 Å². The Kier molecular flexibility index (Phi) is 3.03. The Morgan fingerprint density at radius 2 is 1.90 bits per heavy atom. The number of benzene rings is 1. The van der Waals surface area contributed by atoms with E-state index < -0.39 is 4.92 Å². The van der Waals surface area contributed by atoms with Gasteiger partial charge in [-0.25, -0.2) is 0 Å². The molecule has 0 bridgehead atoms. The summed E-state index contributed by atoms with van der Waals surface area (Å²) in [7, 11) is 0. The third-order valence-electron chi connectivity index (χ3n) is 2.84. The lowest BCUT2D eigenvalue weighted by Gasteiger charge is -1.98. The molecule has 2 heterocycles. The molecule has 0 aliphatic heterocycles. The molecule has 0 spiro atoms. The number of hydrogen-bond donors (Lipinski definition) is 1. The average molecular weight is 283 g/mol. The van der Waals surface area contributed by atoms with Crippen LogP contribution in [0.2, 0.25) is 0 Å². The fourth-order valence-corrected chi connectivity index (χ4v) is 1.79. The molecule has 21 heavy (non-hydrogen) atoms. The molecule has 2 aromatic heterocycles. The molecule has 0 unspecified atom stereocenters. The van der Waals surface area contributed by atoms with Crippen molar-refractivity contribution < 1.29 is 9.45 Å². The van der Waals surface area contributed by atoms with Gasteiger partial charge in [0, 0.05) is 29.6 Å². The van der Waals surface area contributed by atoms with Crippen LogP contribution < -0.4 is 5.73 Å².